The van der Waals surface area contributed by atoms with Gasteiger partial charge < -0.3 is 15.3 Å². The second kappa shape index (κ2) is 7.89. The van der Waals surface area contributed by atoms with E-state index in [2.05, 4.69) is 5.32 Å². The van der Waals surface area contributed by atoms with E-state index in [9.17, 15) is 19.1 Å². The standard InChI is InChI=1S/C21H22ClFN2O3/c1-21(2,12-26)11-25-18(17-9-15(23)6-7-16(17)20(25)28)19(27)24-10-13-4-3-5-14(22)8-13/h3-9,18,26H,10-12H2,1-2H3,(H,24,27). The van der Waals surface area contributed by atoms with Crippen molar-refractivity contribution in [1.29, 1.82) is 0 Å². The Hall–Kier alpha value is -2.44. The Kier molecular flexibility index (Phi) is 5.72. The molecule has 1 aliphatic rings. The van der Waals surface area contributed by atoms with Gasteiger partial charge in [-0.15, -0.1) is 0 Å². The van der Waals surface area contributed by atoms with Crippen LogP contribution in [-0.2, 0) is 11.3 Å². The second-order valence-corrected chi connectivity index (χ2v) is 8.17. The van der Waals surface area contributed by atoms with Gasteiger partial charge in [-0.25, -0.2) is 4.39 Å². The number of nitrogens with zero attached hydrogens (tertiary/aromatic N) is 1. The largest absolute Gasteiger partial charge is 0.396 e. The number of halogens is 2. The third-order valence-electron chi connectivity index (χ3n) is 4.74. The van der Waals surface area contributed by atoms with Gasteiger partial charge in [0.05, 0.1) is 0 Å². The zero-order valence-corrected chi connectivity index (χ0v) is 16.5. The number of aliphatic hydroxyl groups excluding tert-OH is 1. The number of aliphatic hydroxyl groups is 1. The highest BCUT2D eigenvalue weighted by Crippen LogP contribution is 2.36. The van der Waals surface area contributed by atoms with Crippen molar-refractivity contribution in [3.05, 3.63) is 70.0 Å². The summed E-state index contributed by atoms with van der Waals surface area (Å²) in [5.41, 5.74) is 0.842. The van der Waals surface area contributed by atoms with Gasteiger partial charge in [0.1, 0.15) is 11.9 Å². The number of hydrogen-bond donors (Lipinski definition) is 2. The molecule has 0 fully saturated rings. The first-order valence-electron chi connectivity index (χ1n) is 8.95. The van der Waals surface area contributed by atoms with Crippen molar-refractivity contribution in [3.8, 4) is 0 Å². The molecule has 1 atom stereocenters. The van der Waals surface area contributed by atoms with Crippen LogP contribution in [0, 0.1) is 11.2 Å². The highest BCUT2D eigenvalue weighted by atomic mass is 35.5. The lowest BCUT2D eigenvalue weighted by atomic mass is 9.93. The average Bonchev–Trinajstić information content (AvgIpc) is 2.90. The van der Waals surface area contributed by atoms with Crippen molar-refractivity contribution in [2.45, 2.75) is 26.4 Å². The molecule has 2 aromatic carbocycles. The highest BCUT2D eigenvalue weighted by molar-refractivity contribution is 6.30. The molecule has 0 saturated carbocycles. The monoisotopic (exact) mass is 404 g/mol. The first-order valence-corrected chi connectivity index (χ1v) is 9.33. The molecule has 0 aromatic heterocycles. The van der Waals surface area contributed by atoms with E-state index < -0.39 is 23.2 Å². The van der Waals surface area contributed by atoms with Gasteiger partial charge in [0, 0.05) is 35.7 Å². The Morgan fingerprint density at radius 1 is 1.29 bits per heavy atom. The van der Waals surface area contributed by atoms with E-state index in [1.165, 1.54) is 23.1 Å². The smallest absolute Gasteiger partial charge is 0.255 e. The molecule has 3 rings (SSSR count). The molecule has 0 bridgehead atoms. The van der Waals surface area contributed by atoms with Crippen molar-refractivity contribution in [2.24, 2.45) is 5.41 Å². The van der Waals surface area contributed by atoms with Gasteiger partial charge in [0.2, 0.25) is 5.91 Å². The van der Waals surface area contributed by atoms with Gasteiger partial charge in [-0.05, 0) is 41.5 Å². The summed E-state index contributed by atoms with van der Waals surface area (Å²) < 4.78 is 13.8. The Bertz CT molecular complexity index is 916. The third kappa shape index (κ3) is 4.18. The van der Waals surface area contributed by atoms with Crippen LogP contribution in [0.1, 0.15) is 41.4 Å². The molecule has 148 valence electrons. The van der Waals surface area contributed by atoms with Gasteiger partial charge in [-0.3, -0.25) is 9.59 Å². The summed E-state index contributed by atoms with van der Waals surface area (Å²) in [5.74, 6) is -1.27. The fraction of sp³-hybridized carbons (Fsp3) is 0.333. The van der Waals surface area contributed by atoms with Crippen LogP contribution in [0.2, 0.25) is 5.02 Å². The number of benzene rings is 2. The number of carbonyl (C=O) groups excluding carboxylic acids is 2. The Morgan fingerprint density at radius 3 is 2.71 bits per heavy atom. The lowest BCUT2D eigenvalue weighted by Crippen LogP contribution is -2.44. The van der Waals surface area contributed by atoms with E-state index in [0.717, 1.165) is 5.56 Å². The molecule has 1 unspecified atom stereocenters. The van der Waals surface area contributed by atoms with Crippen LogP contribution < -0.4 is 5.32 Å². The number of fused-ring (bicyclic) bond motifs is 1. The molecular weight excluding hydrogens is 383 g/mol. The van der Waals surface area contributed by atoms with Crippen LogP contribution in [0.4, 0.5) is 4.39 Å². The SMILES string of the molecule is CC(C)(CO)CN1C(=O)c2ccc(F)cc2C1C(=O)NCc1cccc(Cl)c1. The molecule has 0 aliphatic carbocycles. The molecule has 28 heavy (non-hydrogen) atoms. The topological polar surface area (TPSA) is 69.6 Å². The molecular formula is C21H22ClFN2O3. The van der Waals surface area contributed by atoms with E-state index >= 15 is 0 Å². The molecule has 0 saturated heterocycles. The average molecular weight is 405 g/mol. The fourth-order valence-electron chi connectivity index (χ4n) is 3.28. The second-order valence-electron chi connectivity index (χ2n) is 7.74. The van der Waals surface area contributed by atoms with Crippen molar-refractivity contribution < 1.29 is 19.1 Å². The maximum Gasteiger partial charge on any atom is 0.255 e. The van der Waals surface area contributed by atoms with E-state index in [1.54, 1.807) is 32.0 Å². The maximum absolute atomic E-state index is 13.8. The zero-order valence-electron chi connectivity index (χ0n) is 15.7. The van der Waals surface area contributed by atoms with E-state index in [-0.39, 0.29) is 25.6 Å². The molecule has 1 heterocycles. The van der Waals surface area contributed by atoms with Gasteiger partial charge >= 0.3 is 0 Å². The number of nitrogens with one attached hydrogen (secondary N) is 1. The minimum absolute atomic E-state index is 0.154. The zero-order chi connectivity index (χ0) is 20.5. The molecule has 1 aliphatic heterocycles. The van der Waals surface area contributed by atoms with Crippen LogP contribution in [0.3, 0.4) is 0 Å². The van der Waals surface area contributed by atoms with Gasteiger partial charge in [0.25, 0.3) is 5.91 Å². The van der Waals surface area contributed by atoms with Crippen LogP contribution in [-0.4, -0.2) is 35.0 Å². The molecule has 5 nitrogen and oxygen atoms in total. The predicted molar refractivity (Wildman–Crippen MR) is 104 cm³/mol. The summed E-state index contributed by atoms with van der Waals surface area (Å²) in [4.78, 5) is 27.2. The summed E-state index contributed by atoms with van der Waals surface area (Å²) in [6.45, 7) is 3.83. The van der Waals surface area contributed by atoms with E-state index in [4.69, 9.17) is 11.6 Å². The number of amides is 2. The predicted octanol–water partition coefficient (Wildman–Crippen LogP) is 3.31. The van der Waals surface area contributed by atoms with Crippen molar-refractivity contribution in [1.82, 2.24) is 10.2 Å². The van der Waals surface area contributed by atoms with Crippen LogP contribution in [0.15, 0.2) is 42.5 Å². The van der Waals surface area contributed by atoms with Crippen molar-refractivity contribution >= 4 is 23.4 Å². The normalized spacial score (nSPS) is 16.2. The Balaban J connectivity index is 1.88. The maximum atomic E-state index is 13.8. The number of carbonyl (C=O) groups is 2. The third-order valence-corrected chi connectivity index (χ3v) is 4.98. The number of rotatable bonds is 6. The summed E-state index contributed by atoms with van der Waals surface area (Å²) >= 11 is 5.97. The summed E-state index contributed by atoms with van der Waals surface area (Å²) in [6, 6.07) is 9.96. The molecule has 7 heteroatoms. The summed E-state index contributed by atoms with van der Waals surface area (Å²) in [7, 11) is 0. The molecule has 0 spiro atoms. The minimum Gasteiger partial charge on any atom is -0.396 e. The fourth-order valence-corrected chi connectivity index (χ4v) is 3.50. The molecule has 2 amide bonds. The summed E-state index contributed by atoms with van der Waals surface area (Å²) in [5, 5.41) is 13.0. The van der Waals surface area contributed by atoms with Gasteiger partial charge in [0.15, 0.2) is 0 Å². The molecule has 2 aromatic rings. The first kappa shape index (κ1) is 20.3. The van der Waals surface area contributed by atoms with Gasteiger partial charge in [-0.2, -0.15) is 0 Å². The number of hydrogen-bond acceptors (Lipinski definition) is 3. The molecule has 2 N–H and O–H groups in total. The van der Waals surface area contributed by atoms with Crippen molar-refractivity contribution in [3.63, 3.8) is 0 Å². The molecule has 0 radical (unpaired) electrons. The quantitative estimate of drug-likeness (QED) is 0.776. The lowest BCUT2D eigenvalue weighted by molar-refractivity contribution is -0.126. The van der Waals surface area contributed by atoms with Crippen molar-refractivity contribution in [2.75, 3.05) is 13.2 Å². The lowest BCUT2D eigenvalue weighted by Gasteiger charge is -2.32. The summed E-state index contributed by atoms with van der Waals surface area (Å²) in [6.07, 6.45) is 0. The Labute approximate surface area is 168 Å². The Morgan fingerprint density at radius 2 is 2.04 bits per heavy atom. The van der Waals surface area contributed by atoms with E-state index in [0.29, 0.717) is 16.1 Å². The van der Waals surface area contributed by atoms with Gasteiger partial charge in [-0.1, -0.05) is 37.6 Å². The van der Waals surface area contributed by atoms with Crippen LogP contribution in [0.25, 0.3) is 0 Å². The first-order chi connectivity index (χ1) is 13.2. The minimum atomic E-state index is -0.955. The van der Waals surface area contributed by atoms with E-state index in [1.807, 2.05) is 6.07 Å². The van der Waals surface area contributed by atoms with Crippen LogP contribution in [0.5, 0.6) is 0 Å². The van der Waals surface area contributed by atoms with Crippen LogP contribution >= 0.6 is 11.6 Å². The highest BCUT2D eigenvalue weighted by Gasteiger charge is 2.43.